The number of rotatable bonds is 5. The van der Waals surface area contributed by atoms with Gasteiger partial charge in [0.2, 0.25) is 11.8 Å². The molecule has 3 N–H and O–H groups in total. The molecule has 6 nitrogen and oxygen atoms in total. The van der Waals surface area contributed by atoms with E-state index in [-0.39, 0.29) is 23.9 Å². The summed E-state index contributed by atoms with van der Waals surface area (Å²) in [5.41, 5.74) is 0. The lowest BCUT2D eigenvalue weighted by atomic mass is 10.2. The molecule has 0 spiro atoms. The van der Waals surface area contributed by atoms with Crippen LogP contribution in [0.15, 0.2) is 22.8 Å². The summed E-state index contributed by atoms with van der Waals surface area (Å²) in [7, 11) is 0. The molecule has 0 bridgehead atoms. The lowest BCUT2D eigenvalue weighted by molar-refractivity contribution is -0.123. The average Bonchev–Trinajstić information content (AvgIpc) is 2.97. The van der Waals surface area contributed by atoms with Crippen molar-refractivity contribution < 1.29 is 14.0 Å². The molecule has 1 fully saturated rings. The number of furan rings is 1. The van der Waals surface area contributed by atoms with E-state index in [1.54, 1.807) is 25.3 Å². The van der Waals surface area contributed by atoms with Crippen LogP contribution in [0.25, 0.3) is 0 Å². The largest absolute Gasteiger partial charge is 0.467 e. The maximum atomic E-state index is 11.8. The SMILES string of the molecule is CC(NC1CNC(=O)C1)C(=O)NCc1ccco1. The second kappa shape index (κ2) is 5.68. The van der Waals surface area contributed by atoms with Crippen molar-refractivity contribution in [3.05, 3.63) is 24.2 Å². The molecule has 1 aliphatic heterocycles. The van der Waals surface area contributed by atoms with Crippen molar-refractivity contribution in [1.82, 2.24) is 16.0 Å². The highest BCUT2D eigenvalue weighted by atomic mass is 16.3. The first kappa shape index (κ1) is 12.6. The molecule has 98 valence electrons. The second-order valence-corrected chi connectivity index (χ2v) is 4.39. The quantitative estimate of drug-likeness (QED) is 0.674. The summed E-state index contributed by atoms with van der Waals surface area (Å²) < 4.78 is 5.12. The Bertz CT molecular complexity index is 416. The van der Waals surface area contributed by atoms with Crippen LogP contribution in [0, 0.1) is 0 Å². The van der Waals surface area contributed by atoms with E-state index in [9.17, 15) is 9.59 Å². The zero-order valence-electron chi connectivity index (χ0n) is 10.2. The number of amides is 2. The molecule has 1 aliphatic rings. The van der Waals surface area contributed by atoms with Crippen molar-refractivity contribution in [2.24, 2.45) is 0 Å². The van der Waals surface area contributed by atoms with Crippen LogP contribution in [0.4, 0.5) is 0 Å². The lowest BCUT2D eigenvalue weighted by Gasteiger charge is -2.17. The van der Waals surface area contributed by atoms with E-state index < -0.39 is 0 Å². The van der Waals surface area contributed by atoms with E-state index in [4.69, 9.17) is 4.42 Å². The Balaban J connectivity index is 1.73. The fraction of sp³-hybridized carbons (Fsp3) is 0.500. The number of nitrogens with one attached hydrogen (secondary N) is 3. The molecule has 18 heavy (non-hydrogen) atoms. The third kappa shape index (κ3) is 3.33. The van der Waals surface area contributed by atoms with Crippen LogP contribution in [0.3, 0.4) is 0 Å². The Kier molecular flexibility index (Phi) is 3.99. The molecular weight excluding hydrogens is 234 g/mol. The van der Waals surface area contributed by atoms with Crippen molar-refractivity contribution in [2.45, 2.75) is 32.0 Å². The highest BCUT2D eigenvalue weighted by molar-refractivity contribution is 5.82. The highest BCUT2D eigenvalue weighted by Gasteiger charge is 2.24. The van der Waals surface area contributed by atoms with Crippen LogP contribution < -0.4 is 16.0 Å². The van der Waals surface area contributed by atoms with Gasteiger partial charge in [-0.2, -0.15) is 0 Å². The van der Waals surface area contributed by atoms with Gasteiger partial charge in [-0.1, -0.05) is 0 Å². The van der Waals surface area contributed by atoms with E-state index in [1.165, 1.54) is 0 Å². The van der Waals surface area contributed by atoms with E-state index in [1.807, 2.05) is 0 Å². The lowest BCUT2D eigenvalue weighted by Crippen LogP contribution is -2.47. The van der Waals surface area contributed by atoms with Crippen molar-refractivity contribution in [3.8, 4) is 0 Å². The second-order valence-electron chi connectivity index (χ2n) is 4.39. The van der Waals surface area contributed by atoms with Gasteiger partial charge in [0.05, 0.1) is 18.8 Å². The topological polar surface area (TPSA) is 83.4 Å². The van der Waals surface area contributed by atoms with Gasteiger partial charge in [-0.3, -0.25) is 9.59 Å². The minimum absolute atomic E-state index is 0.0238. The van der Waals surface area contributed by atoms with Gasteiger partial charge >= 0.3 is 0 Å². The zero-order chi connectivity index (χ0) is 13.0. The first-order valence-electron chi connectivity index (χ1n) is 5.98. The smallest absolute Gasteiger partial charge is 0.237 e. The number of hydrogen-bond donors (Lipinski definition) is 3. The molecule has 1 aromatic rings. The number of hydrogen-bond acceptors (Lipinski definition) is 4. The van der Waals surface area contributed by atoms with Crippen LogP contribution in [-0.2, 0) is 16.1 Å². The minimum atomic E-state index is -0.335. The Labute approximate surface area is 105 Å². The fourth-order valence-corrected chi connectivity index (χ4v) is 1.89. The van der Waals surface area contributed by atoms with Crippen LogP contribution in [0.2, 0.25) is 0 Å². The normalized spacial score (nSPS) is 20.5. The van der Waals surface area contributed by atoms with Gasteiger partial charge in [0.25, 0.3) is 0 Å². The molecule has 1 saturated heterocycles. The molecule has 2 unspecified atom stereocenters. The molecule has 6 heteroatoms. The van der Waals surface area contributed by atoms with Gasteiger partial charge in [-0.05, 0) is 19.1 Å². The molecule has 2 rings (SSSR count). The zero-order valence-corrected chi connectivity index (χ0v) is 10.2. The summed E-state index contributed by atoms with van der Waals surface area (Å²) in [5, 5.41) is 8.60. The first-order chi connectivity index (χ1) is 8.65. The summed E-state index contributed by atoms with van der Waals surface area (Å²) in [6, 6.07) is 3.27. The number of carbonyl (C=O) groups is 2. The molecule has 1 aromatic heterocycles. The first-order valence-corrected chi connectivity index (χ1v) is 5.98. The van der Waals surface area contributed by atoms with Crippen molar-refractivity contribution in [3.63, 3.8) is 0 Å². The predicted molar refractivity (Wildman–Crippen MR) is 64.6 cm³/mol. The van der Waals surface area contributed by atoms with Crippen molar-refractivity contribution >= 4 is 11.8 Å². The Hall–Kier alpha value is -1.82. The highest BCUT2D eigenvalue weighted by Crippen LogP contribution is 2.02. The third-order valence-corrected chi connectivity index (χ3v) is 2.87. The van der Waals surface area contributed by atoms with Crippen molar-refractivity contribution in [2.75, 3.05) is 6.54 Å². The fourth-order valence-electron chi connectivity index (χ4n) is 1.89. The maximum absolute atomic E-state index is 11.8. The van der Waals surface area contributed by atoms with E-state index >= 15 is 0 Å². The molecule has 0 radical (unpaired) electrons. The van der Waals surface area contributed by atoms with Gasteiger partial charge in [0.1, 0.15) is 5.76 Å². The monoisotopic (exact) mass is 251 g/mol. The van der Waals surface area contributed by atoms with Crippen molar-refractivity contribution in [1.29, 1.82) is 0 Å². The van der Waals surface area contributed by atoms with E-state index in [2.05, 4.69) is 16.0 Å². The molecule has 0 saturated carbocycles. The molecular formula is C12H17N3O3. The van der Waals surface area contributed by atoms with Crippen LogP contribution in [0.1, 0.15) is 19.1 Å². The third-order valence-electron chi connectivity index (χ3n) is 2.87. The molecule has 2 atom stereocenters. The molecule has 2 heterocycles. The summed E-state index contributed by atoms with van der Waals surface area (Å²) in [6.45, 7) is 2.73. The summed E-state index contributed by atoms with van der Waals surface area (Å²) in [6.07, 6.45) is 1.99. The van der Waals surface area contributed by atoms with E-state index in [0.717, 1.165) is 0 Å². The standard InChI is InChI=1S/C12H17N3O3/c1-8(15-9-5-11(16)13-6-9)12(17)14-7-10-3-2-4-18-10/h2-4,8-9,15H,5-7H2,1H3,(H,13,16)(H,14,17). The molecule has 2 amide bonds. The van der Waals surface area contributed by atoms with Crippen LogP contribution in [0.5, 0.6) is 0 Å². The van der Waals surface area contributed by atoms with E-state index in [0.29, 0.717) is 25.3 Å². The van der Waals surface area contributed by atoms with Gasteiger partial charge in [0.15, 0.2) is 0 Å². The van der Waals surface area contributed by atoms with Crippen LogP contribution in [-0.4, -0.2) is 30.4 Å². The maximum Gasteiger partial charge on any atom is 0.237 e. The van der Waals surface area contributed by atoms with Gasteiger partial charge in [-0.25, -0.2) is 0 Å². The van der Waals surface area contributed by atoms with Gasteiger partial charge in [0, 0.05) is 19.0 Å². The summed E-state index contributed by atoms with van der Waals surface area (Å²) in [5.74, 6) is 0.634. The van der Waals surface area contributed by atoms with Gasteiger partial charge < -0.3 is 20.4 Å². The Morgan fingerprint density at radius 2 is 2.50 bits per heavy atom. The Morgan fingerprint density at radius 1 is 1.67 bits per heavy atom. The predicted octanol–water partition coefficient (Wildman–Crippen LogP) is -0.238. The average molecular weight is 251 g/mol. The number of carbonyl (C=O) groups excluding carboxylic acids is 2. The minimum Gasteiger partial charge on any atom is -0.467 e. The summed E-state index contributed by atoms with van der Waals surface area (Å²) in [4.78, 5) is 22.8. The summed E-state index contributed by atoms with van der Waals surface area (Å²) >= 11 is 0. The molecule has 0 aliphatic carbocycles. The molecule has 0 aromatic carbocycles. The Morgan fingerprint density at radius 3 is 3.11 bits per heavy atom. The van der Waals surface area contributed by atoms with Gasteiger partial charge in [-0.15, -0.1) is 0 Å². The van der Waals surface area contributed by atoms with Crippen LogP contribution >= 0.6 is 0 Å².